The zero-order valence-corrected chi connectivity index (χ0v) is 11.7. The van der Waals surface area contributed by atoms with Crippen LogP contribution in [0.4, 0.5) is 13.2 Å². The first-order chi connectivity index (χ1) is 9.45. The highest BCUT2D eigenvalue weighted by Crippen LogP contribution is 2.45. The van der Waals surface area contributed by atoms with Crippen molar-refractivity contribution in [2.45, 2.75) is 31.4 Å². The number of nitrogens with zero attached hydrogens (tertiary/aromatic N) is 1. The maximum atomic E-state index is 12.9. The zero-order valence-electron chi connectivity index (χ0n) is 11.7. The molecule has 3 rings (SSSR count). The molecule has 1 aromatic rings. The molecular formula is C16H20F3N. The first-order valence-electron chi connectivity index (χ1n) is 7.31. The van der Waals surface area contributed by atoms with Gasteiger partial charge in [0.2, 0.25) is 0 Å². The van der Waals surface area contributed by atoms with Crippen LogP contribution in [0.25, 0.3) is 0 Å². The first-order valence-corrected chi connectivity index (χ1v) is 7.31. The standard InChI is InChI=1S/C16H20F3N/c1-20-9-12-5-3-7-14(15(12)10-20)11-4-2-6-13(8-11)16(17,18)19/h2,4,6,8,12,14-15H,3,5,7,9-10H2,1H3/t12-,14+,15?/m0/s1. The fourth-order valence-corrected chi connectivity index (χ4v) is 4.05. The summed E-state index contributed by atoms with van der Waals surface area (Å²) >= 11 is 0. The summed E-state index contributed by atoms with van der Waals surface area (Å²) in [5.74, 6) is 1.48. The summed E-state index contributed by atoms with van der Waals surface area (Å²) < 4.78 is 38.6. The Balaban J connectivity index is 1.88. The van der Waals surface area contributed by atoms with Crippen molar-refractivity contribution in [1.29, 1.82) is 0 Å². The van der Waals surface area contributed by atoms with Crippen LogP contribution in [0.5, 0.6) is 0 Å². The average Bonchev–Trinajstić information content (AvgIpc) is 2.77. The van der Waals surface area contributed by atoms with Gasteiger partial charge >= 0.3 is 6.18 Å². The van der Waals surface area contributed by atoms with Gasteiger partial charge in [0.25, 0.3) is 0 Å². The fourth-order valence-electron chi connectivity index (χ4n) is 4.05. The summed E-state index contributed by atoms with van der Waals surface area (Å²) in [4.78, 5) is 2.32. The van der Waals surface area contributed by atoms with Crippen molar-refractivity contribution in [3.63, 3.8) is 0 Å². The molecule has 110 valence electrons. The summed E-state index contributed by atoms with van der Waals surface area (Å²) in [5, 5.41) is 0. The summed E-state index contributed by atoms with van der Waals surface area (Å²) in [5.41, 5.74) is 0.369. The summed E-state index contributed by atoms with van der Waals surface area (Å²) in [6.45, 7) is 2.12. The minimum atomic E-state index is -4.24. The lowest BCUT2D eigenvalue weighted by atomic mass is 9.71. The molecule has 1 nitrogen and oxygen atoms in total. The number of hydrogen-bond acceptors (Lipinski definition) is 1. The van der Waals surface area contributed by atoms with Crippen molar-refractivity contribution in [3.8, 4) is 0 Å². The van der Waals surface area contributed by atoms with E-state index in [1.165, 1.54) is 18.6 Å². The number of benzene rings is 1. The third-order valence-corrected chi connectivity index (χ3v) is 4.92. The Bertz CT molecular complexity index is 483. The van der Waals surface area contributed by atoms with Crippen LogP contribution in [-0.2, 0) is 6.18 Å². The van der Waals surface area contributed by atoms with Gasteiger partial charge in [-0.1, -0.05) is 24.6 Å². The van der Waals surface area contributed by atoms with E-state index in [4.69, 9.17) is 0 Å². The Morgan fingerprint density at radius 1 is 1.15 bits per heavy atom. The monoisotopic (exact) mass is 283 g/mol. The highest BCUT2D eigenvalue weighted by atomic mass is 19.4. The molecule has 1 aliphatic heterocycles. The summed E-state index contributed by atoms with van der Waals surface area (Å²) in [7, 11) is 2.11. The normalized spacial score (nSPS) is 31.3. The predicted octanol–water partition coefficient (Wildman–Crippen LogP) is 4.15. The smallest absolute Gasteiger partial charge is 0.306 e. The van der Waals surface area contributed by atoms with Crippen LogP contribution in [0.15, 0.2) is 24.3 Å². The molecule has 3 atom stereocenters. The van der Waals surface area contributed by atoms with Gasteiger partial charge in [-0.3, -0.25) is 0 Å². The van der Waals surface area contributed by atoms with Gasteiger partial charge in [0, 0.05) is 13.1 Å². The summed E-state index contributed by atoms with van der Waals surface area (Å²) in [6.07, 6.45) is -0.854. The van der Waals surface area contributed by atoms with Crippen LogP contribution >= 0.6 is 0 Å². The molecule has 0 radical (unpaired) electrons. The summed E-state index contributed by atoms with van der Waals surface area (Å²) in [6, 6.07) is 5.97. The van der Waals surface area contributed by atoms with Crippen LogP contribution < -0.4 is 0 Å². The van der Waals surface area contributed by atoms with Gasteiger partial charge in [-0.05, 0) is 49.3 Å². The molecule has 2 fully saturated rings. The molecule has 20 heavy (non-hydrogen) atoms. The Hall–Kier alpha value is -1.03. The molecule has 0 bridgehead atoms. The average molecular weight is 283 g/mol. The number of likely N-dealkylation sites (tertiary alicyclic amines) is 1. The van der Waals surface area contributed by atoms with Crippen molar-refractivity contribution in [3.05, 3.63) is 35.4 Å². The fraction of sp³-hybridized carbons (Fsp3) is 0.625. The lowest BCUT2D eigenvalue weighted by Gasteiger charge is -2.33. The van der Waals surface area contributed by atoms with E-state index in [9.17, 15) is 13.2 Å². The molecule has 1 unspecified atom stereocenters. The van der Waals surface area contributed by atoms with E-state index in [0.29, 0.717) is 17.8 Å². The third-order valence-electron chi connectivity index (χ3n) is 4.92. The molecule has 0 amide bonds. The molecule has 2 aliphatic rings. The maximum absolute atomic E-state index is 12.9. The van der Waals surface area contributed by atoms with E-state index in [-0.39, 0.29) is 0 Å². The Labute approximate surface area is 117 Å². The van der Waals surface area contributed by atoms with Gasteiger partial charge in [-0.2, -0.15) is 13.2 Å². The number of hydrogen-bond donors (Lipinski definition) is 0. The molecule has 1 saturated heterocycles. The minimum absolute atomic E-state index is 0.293. The predicted molar refractivity (Wildman–Crippen MR) is 72.5 cm³/mol. The highest BCUT2D eigenvalue weighted by Gasteiger charge is 2.40. The van der Waals surface area contributed by atoms with E-state index in [0.717, 1.165) is 31.5 Å². The molecule has 4 heteroatoms. The van der Waals surface area contributed by atoms with Gasteiger partial charge in [0.1, 0.15) is 0 Å². The minimum Gasteiger partial charge on any atom is -0.306 e. The van der Waals surface area contributed by atoms with Gasteiger partial charge in [-0.15, -0.1) is 0 Å². The number of fused-ring (bicyclic) bond motifs is 1. The van der Waals surface area contributed by atoms with Gasteiger partial charge in [0.15, 0.2) is 0 Å². The molecule has 0 aromatic heterocycles. The Kier molecular flexibility index (Phi) is 3.53. The van der Waals surface area contributed by atoms with Gasteiger partial charge in [0.05, 0.1) is 5.56 Å². The zero-order chi connectivity index (χ0) is 14.3. The first kappa shape index (κ1) is 13.9. The number of halogens is 3. The van der Waals surface area contributed by atoms with E-state index >= 15 is 0 Å². The quantitative estimate of drug-likeness (QED) is 0.748. The van der Waals surface area contributed by atoms with Crippen molar-refractivity contribution in [2.24, 2.45) is 11.8 Å². The van der Waals surface area contributed by atoms with Crippen LogP contribution in [0, 0.1) is 11.8 Å². The lowest BCUT2D eigenvalue weighted by Crippen LogP contribution is -2.26. The molecular weight excluding hydrogens is 263 g/mol. The Morgan fingerprint density at radius 3 is 2.70 bits per heavy atom. The van der Waals surface area contributed by atoms with Crippen molar-refractivity contribution in [2.75, 3.05) is 20.1 Å². The van der Waals surface area contributed by atoms with Crippen molar-refractivity contribution in [1.82, 2.24) is 4.90 Å². The molecule has 1 aliphatic carbocycles. The molecule has 1 aromatic carbocycles. The molecule has 1 saturated carbocycles. The SMILES string of the molecule is CN1CC2[C@@H](CCC[C@@H]2c2cccc(C(F)(F)F)c2)C1. The number of alkyl halides is 3. The maximum Gasteiger partial charge on any atom is 0.416 e. The van der Waals surface area contributed by atoms with Crippen LogP contribution in [-0.4, -0.2) is 25.0 Å². The Morgan fingerprint density at radius 2 is 1.95 bits per heavy atom. The van der Waals surface area contributed by atoms with E-state index < -0.39 is 11.7 Å². The topological polar surface area (TPSA) is 3.24 Å². The number of rotatable bonds is 1. The van der Waals surface area contributed by atoms with E-state index in [1.54, 1.807) is 6.07 Å². The van der Waals surface area contributed by atoms with Crippen LogP contribution in [0.1, 0.15) is 36.3 Å². The highest BCUT2D eigenvalue weighted by molar-refractivity contribution is 5.29. The lowest BCUT2D eigenvalue weighted by molar-refractivity contribution is -0.137. The van der Waals surface area contributed by atoms with Crippen LogP contribution in [0.2, 0.25) is 0 Å². The molecule has 1 heterocycles. The van der Waals surface area contributed by atoms with Gasteiger partial charge in [-0.25, -0.2) is 0 Å². The second kappa shape index (κ2) is 5.06. The van der Waals surface area contributed by atoms with Crippen molar-refractivity contribution >= 4 is 0 Å². The molecule has 0 N–H and O–H groups in total. The van der Waals surface area contributed by atoms with Crippen molar-refractivity contribution < 1.29 is 13.2 Å². The van der Waals surface area contributed by atoms with E-state index in [1.807, 2.05) is 6.07 Å². The second-order valence-electron chi connectivity index (χ2n) is 6.31. The largest absolute Gasteiger partial charge is 0.416 e. The van der Waals surface area contributed by atoms with Crippen LogP contribution in [0.3, 0.4) is 0 Å². The third kappa shape index (κ3) is 2.58. The van der Waals surface area contributed by atoms with E-state index in [2.05, 4.69) is 11.9 Å². The molecule has 0 spiro atoms. The van der Waals surface area contributed by atoms with Gasteiger partial charge < -0.3 is 4.90 Å². The second-order valence-corrected chi connectivity index (χ2v) is 6.31.